The van der Waals surface area contributed by atoms with Crippen LogP contribution in [0.15, 0.2) is 59.6 Å². The van der Waals surface area contributed by atoms with E-state index in [0.717, 1.165) is 28.8 Å². The molecule has 0 unspecified atom stereocenters. The van der Waals surface area contributed by atoms with E-state index >= 15 is 0 Å². The van der Waals surface area contributed by atoms with Crippen molar-refractivity contribution in [1.29, 1.82) is 0 Å². The van der Waals surface area contributed by atoms with Crippen LogP contribution < -0.4 is 10.1 Å². The SMILES string of the molecule is O=C(NCc1cncc(-c2ccsc2)c1)c1cccc(OC(F)(F)F)c1. The lowest BCUT2D eigenvalue weighted by molar-refractivity contribution is -0.274. The van der Waals surface area contributed by atoms with Crippen molar-refractivity contribution in [2.24, 2.45) is 0 Å². The number of alkyl halides is 3. The number of thiophene rings is 1. The Balaban J connectivity index is 1.66. The standard InChI is InChI=1S/C18H13F3N2O2S/c19-18(20,21)25-16-3-1-2-13(7-16)17(24)23-9-12-6-15(10-22-8-12)14-4-5-26-11-14/h1-8,10-11H,9H2,(H,23,24). The lowest BCUT2D eigenvalue weighted by atomic mass is 10.1. The van der Waals surface area contributed by atoms with Gasteiger partial charge in [-0.05, 0) is 52.2 Å². The van der Waals surface area contributed by atoms with Crippen molar-refractivity contribution in [2.45, 2.75) is 12.9 Å². The number of amides is 1. The molecule has 0 atom stereocenters. The number of ether oxygens (including phenoxy) is 1. The molecule has 2 aromatic heterocycles. The molecule has 0 radical (unpaired) electrons. The van der Waals surface area contributed by atoms with Gasteiger partial charge in [-0.25, -0.2) is 0 Å². The van der Waals surface area contributed by atoms with Gasteiger partial charge in [0, 0.05) is 30.1 Å². The summed E-state index contributed by atoms with van der Waals surface area (Å²) in [6.45, 7) is 0.203. The summed E-state index contributed by atoms with van der Waals surface area (Å²) < 4.78 is 40.6. The van der Waals surface area contributed by atoms with E-state index in [4.69, 9.17) is 0 Å². The molecule has 1 aromatic carbocycles. The third-order valence-electron chi connectivity index (χ3n) is 3.43. The van der Waals surface area contributed by atoms with E-state index in [1.807, 2.05) is 22.9 Å². The van der Waals surface area contributed by atoms with E-state index in [-0.39, 0.29) is 12.1 Å². The van der Waals surface area contributed by atoms with Crippen molar-refractivity contribution in [3.63, 3.8) is 0 Å². The molecule has 0 saturated carbocycles. The number of aromatic nitrogens is 1. The van der Waals surface area contributed by atoms with Crippen LogP contribution in [0, 0.1) is 0 Å². The Kier molecular flexibility index (Phi) is 5.22. The fourth-order valence-electron chi connectivity index (χ4n) is 2.29. The average molecular weight is 378 g/mol. The van der Waals surface area contributed by atoms with E-state index in [9.17, 15) is 18.0 Å². The summed E-state index contributed by atoms with van der Waals surface area (Å²) in [5, 5.41) is 6.61. The number of carbonyl (C=O) groups is 1. The molecule has 1 amide bonds. The first-order valence-electron chi connectivity index (χ1n) is 7.51. The Hall–Kier alpha value is -2.87. The van der Waals surface area contributed by atoms with Gasteiger partial charge in [-0.3, -0.25) is 9.78 Å². The van der Waals surface area contributed by atoms with Crippen LogP contribution in [0.5, 0.6) is 5.75 Å². The highest BCUT2D eigenvalue weighted by Crippen LogP contribution is 2.24. The van der Waals surface area contributed by atoms with E-state index in [0.29, 0.717) is 0 Å². The third kappa shape index (κ3) is 4.82. The molecule has 3 aromatic rings. The van der Waals surface area contributed by atoms with E-state index in [1.54, 1.807) is 23.7 Å². The van der Waals surface area contributed by atoms with Gasteiger partial charge in [0.05, 0.1) is 0 Å². The van der Waals surface area contributed by atoms with Gasteiger partial charge in [-0.2, -0.15) is 11.3 Å². The summed E-state index contributed by atoms with van der Waals surface area (Å²) in [6, 6.07) is 8.80. The van der Waals surface area contributed by atoms with Crippen LogP contribution in [0.1, 0.15) is 15.9 Å². The number of carbonyl (C=O) groups excluding carboxylic acids is 1. The predicted octanol–water partition coefficient (Wildman–Crippen LogP) is 4.64. The minimum absolute atomic E-state index is 0.0775. The second-order valence-electron chi connectivity index (χ2n) is 5.35. The van der Waals surface area contributed by atoms with Crippen LogP contribution >= 0.6 is 11.3 Å². The molecule has 0 aliphatic rings. The smallest absolute Gasteiger partial charge is 0.406 e. The predicted molar refractivity (Wildman–Crippen MR) is 91.8 cm³/mol. The average Bonchev–Trinajstić information content (AvgIpc) is 3.13. The van der Waals surface area contributed by atoms with Gasteiger partial charge in [0.15, 0.2) is 0 Å². The second kappa shape index (κ2) is 7.57. The zero-order valence-electron chi connectivity index (χ0n) is 13.3. The van der Waals surface area contributed by atoms with Gasteiger partial charge in [0.25, 0.3) is 5.91 Å². The molecule has 3 rings (SSSR count). The molecular formula is C18H13F3N2O2S. The first kappa shape index (κ1) is 17.9. The molecule has 0 fully saturated rings. The largest absolute Gasteiger partial charge is 0.573 e. The number of hydrogen-bond donors (Lipinski definition) is 1. The Morgan fingerprint density at radius 1 is 1.15 bits per heavy atom. The summed E-state index contributed by atoms with van der Waals surface area (Å²) in [7, 11) is 0. The molecule has 26 heavy (non-hydrogen) atoms. The minimum atomic E-state index is -4.80. The van der Waals surface area contributed by atoms with Crippen molar-refractivity contribution in [2.75, 3.05) is 0 Å². The van der Waals surface area contributed by atoms with Gasteiger partial charge >= 0.3 is 6.36 Å². The number of benzene rings is 1. The highest BCUT2D eigenvalue weighted by Gasteiger charge is 2.31. The Morgan fingerprint density at radius 3 is 2.73 bits per heavy atom. The number of halogens is 3. The molecule has 1 N–H and O–H groups in total. The molecule has 0 aliphatic heterocycles. The molecule has 2 heterocycles. The molecule has 8 heteroatoms. The molecule has 0 bridgehead atoms. The summed E-state index contributed by atoms with van der Waals surface area (Å²) in [5.41, 5.74) is 2.82. The molecule has 134 valence electrons. The van der Waals surface area contributed by atoms with E-state index in [1.165, 1.54) is 12.1 Å². The van der Waals surface area contributed by atoms with E-state index in [2.05, 4.69) is 15.0 Å². The molecule has 0 spiro atoms. The van der Waals surface area contributed by atoms with Crippen molar-refractivity contribution >= 4 is 17.2 Å². The van der Waals surface area contributed by atoms with Gasteiger partial charge in [0.1, 0.15) is 5.75 Å². The number of pyridine rings is 1. The van der Waals surface area contributed by atoms with Crippen LogP contribution in [0.25, 0.3) is 11.1 Å². The van der Waals surface area contributed by atoms with Crippen LogP contribution in [0.2, 0.25) is 0 Å². The maximum atomic E-state index is 12.3. The summed E-state index contributed by atoms with van der Waals surface area (Å²) >= 11 is 1.57. The quantitative estimate of drug-likeness (QED) is 0.704. The zero-order valence-corrected chi connectivity index (χ0v) is 14.1. The maximum Gasteiger partial charge on any atom is 0.573 e. The maximum absolute atomic E-state index is 12.3. The highest BCUT2D eigenvalue weighted by molar-refractivity contribution is 7.08. The van der Waals surface area contributed by atoms with Crippen LogP contribution in [-0.2, 0) is 6.54 Å². The normalized spacial score (nSPS) is 11.2. The molecule has 4 nitrogen and oxygen atoms in total. The summed E-state index contributed by atoms with van der Waals surface area (Å²) in [5.74, 6) is -0.940. The van der Waals surface area contributed by atoms with Crippen molar-refractivity contribution in [3.8, 4) is 16.9 Å². The first-order chi connectivity index (χ1) is 12.4. The molecular weight excluding hydrogens is 365 g/mol. The van der Waals surface area contributed by atoms with Gasteiger partial charge in [-0.15, -0.1) is 13.2 Å². The Labute approximate surface area is 151 Å². The Bertz CT molecular complexity index is 895. The summed E-state index contributed by atoms with van der Waals surface area (Å²) in [6.07, 6.45) is -1.45. The number of nitrogens with zero attached hydrogens (tertiary/aromatic N) is 1. The molecule has 0 saturated heterocycles. The van der Waals surface area contributed by atoms with Crippen LogP contribution in [0.3, 0.4) is 0 Å². The second-order valence-corrected chi connectivity index (χ2v) is 6.13. The first-order valence-corrected chi connectivity index (χ1v) is 8.45. The van der Waals surface area contributed by atoms with Crippen molar-refractivity contribution in [3.05, 3.63) is 70.7 Å². The fraction of sp³-hybridized carbons (Fsp3) is 0.111. The monoisotopic (exact) mass is 378 g/mol. The van der Waals surface area contributed by atoms with Crippen molar-refractivity contribution in [1.82, 2.24) is 10.3 Å². The Morgan fingerprint density at radius 2 is 2.00 bits per heavy atom. The summed E-state index contributed by atoms with van der Waals surface area (Å²) in [4.78, 5) is 16.3. The number of hydrogen-bond acceptors (Lipinski definition) is 4. The highest BCUT2D eigenvalue weighted by atomic mass is 32.1. The van der Waals surface area contributed by atoms with Gasteiger partial charge in [0.2, 0.25) is 0 Å². The van der Waals surface area contributed by atoms with Crippen LogP contribution in [0.4, 0.5) is 13.2 Å². The van der Waals surface area contributed by atoms with E-state index < -0.39 is 18.0 Å². The number of rotatable bonds is 5. The third-order valence-corrected chi connectivity index (χ3v) is 4.12. The fourth-order valence-corrected chi connectivity index (χ4v) is 2.95. The number of nitrogens with one attached hydrogen (secondary N) is 1. The lowest BCUT2D eigenvalue weighted by Crippen LogP contribution is -2.23. The minimum Gasteiger partial charge on any atom is -0.406 e. The molecule has 0 aliphatic carbocycles. The van der Waals surface area contributed by atoms with Crippen LogP contribution in [-0.4, -0.2) is 17.3 Å². The zero-order chi connectivity index (χ0) is 18.6. The van der Waals surface area contributed by atoms with Gasteiger partial charge < -0.3 is 10.1 Å². The lowest BCUT2D eigenvalue weighted by Gasteiger charge is -2.10. The van der Waals surface area contributed by atoms with Gasteiger partial charge in [-0.1, -0.05) is 6.07 Å². The topological polar surface area (TPSA) is 51.2 Å². The van der Waals surface area contributed by atoms with Crippen molar-refractivity contribution < 1.29 is 22.7 Å².